The number of amides is 1. The number of hydrogen-bond acceptors (Lipinski definition) is 4. The van der Waals surface area contributed by atoms with Crippen molar-refractivity contribution in [3.63, 3.8) is 0 Å². The predicted molar refractivity (Wildman–Crippen MR) is 88.2 cm³/mol. The summed E-state index contributed by atoms with van der Waals surface area (Å²) < 4.78 is 19.9. The first kappa shape index (κ1) is 15.6. The molecular weight excluding hydrogens is 325 g/mol. The first-order valence-electron chi connectivity index (χ1n) is 8.08. The van der Waals surface area contributed by atoms with Crippen molar-refractivity contribution in [2.75, 3.05) is 0 Å². The van der Waals surface area contributed by atoms with Gasteiger partial charge in [0.2, 0.25) is 5.91 Å². The number of carbonyl (C=O) groups excluding carboxylic acids is 1. The van der Waals surface area contributed by atoms with Gasteiger partial charge < -0.3 is 9.32 Å². The third kappa shape index (κ3) is 3.17. The number of furan rings is 1. The molecule has 0 bridgehead atoms. The Kier molecular flexibility index (Phi) is 3.83. The van der Waals surface area contributed by atoms with Gasteiger partial charge in [0.1, 0.15) is 18.1 Å². The van der Waals surface area contributed by atoms with Crippen molar-refractivity contribution in [1.82, 2.24) is 14.5 Å². The molecule has 2 aromatic heterocycles. The van der Waals surface area contributed by atoms with Crippen LogP contribution >= 0.6 is 0 Å². The van der Waals surface area contributed by atoms with E-state index in [4.69, 9.17) is 4.42 Å². The van der Waals surface area contributed by atoms with Gasteiger partial charge in [-0.3, -0.25) is 14.2 Å². The second-order valence-electron chi connectivity index (χ2n) is 6.17. The van der Waals surface area contributed by atoms with E-state index in [-0.39, 0.29) is 23.9 Å². The Labute approximate surface area is 142 Å². The molecule has 0 N–H and O–H groups in total. The maximum atomic E-state index is 13.4. The van der Waals surface area contributed by atoms with Crippen LogP contribution in [0.25, 0.3) is 10.9 Å². The molecule has 2 heterocycles. The molecule has 0 aliphatic heterocycles. The van der Waals surface area contributed by atoms with Gasteiger partial charge >= 0.3 is 0 Å². The van der Waals surface area contributed by atoms with Gasteiger partial charge in [0.25, 0.3) is 5.56 Å². The molecule has 128 valence electrons. The number of benzene rings is 1. The molecule has 6 nitrogen and oxygen atoms in total. The molecule has 0 radical (unpaired) electrons. The molecule has 0 atom stereocenters. The zero-order valence-corrected chi connectivity index (χ0v) is 13.4. The number of hydrogen-bond donors (Lipinski definition) is 0. The molecule has 0 unspecified atom stereocenters. The lowest BCUT2D eigenvalue weighted by atomic mass is 10.2. The van der Waals surface area contributed by atoms with Crippen molar-refractivity contribution in [1.29, 1.82) is 0 Å². The highest BCUT2D eigenvalue weighted by Gasteiger charge is 2.33. The van der Waals surface area contributed by atoms with Crippen molar-refractivity contribution in [2.45, 2.75) is 32.0 Å². The largest absolute Gasteiger partial charge is 0.467 e. The van der Waals surface area contributed by atoms with Crippen molar-refractivity contribution in [3.8, 4) is 0 Å². The third-order valence-corrected chi connectivity index (χ3v) is 4.31. The van der Waals surface area contributed by atoms with E-state index in [1.165, 1.54) is 23.0 Å². The molecule has 0 spiro atoms. The summed E-state index contributed by atoms with van der Waals surface area (Å²) in [5.41, 5.74) is -0.0173. The molecular formula is C18H16FN3O3. The fourth-order valence-electron chi connectivity index (χ4n) is 2.86. The second-order valence-corrected chi connectivity index (χ2v) is 6.17. The van der Waals surface area contributed by atoms with E-state index in [9.17, 15) is 14.0 Å². The highest BCUT2D eigenvalue weighted by molar-refractivity contribution is 5.79. The molecule has 1 fully saturated rings. The lowest BCUT2D eigenvalue weighted by Gasteiger charge is -2.21. The Morgan fingerprint density at radius 3 is 2.92 bits per heavy atom. The number of aromatic nitrogens is 2. The number of carbonyl (C=O) groups is 1. The first-order valence-corrected chi connectivity index (χ1v) is 8.08. The van der Waals surface area contributed by atoms with Crippen molar-refractivity contribution in [2.24, 2.45) is 0 Å². The molecule has 7 heteroatoms. The van der Waals surface area contributed by atoms with Crippen LogP contribution < -0.4 is 5.56 Å². The van der Waals surface area contributed by atoms with E-state index >= 15 is 0 Å². The Morgan fingerprint density at radius 1 is 1.36 bits per heavy atom. The van der Waals surface area contributed by atoms with E-state index in [0.29, 0.717) is 17.8 Å². The average molecular weight is 341 g/mol. The fraction of sp³-hybridized carbons (Fsp3) is 0.278. The zero-order valence-electron chi connectivity index (χ0n) is 13.4. The molecule has 1 saturated carbocycles. The number of fused-ring (bicyclic) bond motifs is 1. The van der Waals surface area contributed by atoms with Gasteiger partial charge in [0, 0.05) is 6.04 Å². The van der Waals surface area contributed by atoms with Gasteiger partial charge in [-0.2, -0.15) is 0 Å². The lowest BCUT2D eigenvalue weighted by molar-refractivity contribution is -0.133. The van der Waals surface area contributed by atoms with Crippen molar-refractivity contribution >= 4 is 16.8 Å². The van der Waals surface area contributed by atoms with Gasteiger partial charge in [-0.1, -0.05) is 0 Å². The SMILES string of the molecule is O=C(Cn1cnc2ccc(F)cc2c1=O)N(Cc1ccco1)C1CC1. The van der Waals surface area contributed by atoms with Gasteiger partial charge in [-0.25, -0.2) is 9.37 Å². The van der Waals surface area contributed by atoms with Crippen LogP contribution in [0.15, 0.2) is 52.1 Å². The molecule has 4 rings (SSSR count). The zero-order chi connectivity index (χ0) is 17.4. The summed E-state index contributed by atoms with van der Waals surface area (Å²) >= 11 is 0. The normalized spacial score (nSPS) is 14.0. The Hall–Kier alpha value is -2.96. The van der Waals surface area contributed by atoms with Crippen molar-refractivity contribution in [3.05, 3.63) is 64.9 Å². The maximum absolute atomic E-state index is 13.4. The number of halogens is 1. The summed E-state index contributed by atoms with van der Waals surface area (Å²) in [5, 5.41) is 0.166. The lowest BCUT2D eigenvalue weighted by Crippen LogP contribution is -2.37. The monoisotopic (exact) mass is 341 g/mol. The predicted octanol–water partition coefficient (Wildman–Crippen LogP) is 2.32. The average Bonchev–Trinajstić information content (AvgIpc) is 3.31. The van der Waals surface area contributed by atoms with E-state index in [1.54, 1.807) is 17.2 Å². The van der Waals surface area contributed by atoms with Crippen LogP contribution in [0.4, 0.5) is 4.39 Å². The summed E-state index contributed by atoms with van der Waals surface area (Å²) in [7, 11) is 0. The van der Waals surface area contributed by atoms with Crippen molar-refractivity contribution < 1.29 is 13.6 Å². The van der Waals surface area contributed by atoms with Gasteiger partial charge in [-0.05, 0) is 43.2 Å². The second kappa shape index (κ2) is 6.16. The van der Waals surface area contributed by atoms with Crippen LogP contribution in [0, 0.1) is 5.82 Å². The Balaban J connectivity index is 1.60. The summed E-state index contributed by atoms with van der Waals surface area (Å²) in [5.74, 6) is 0.0118. The quantitative estimate of drug-likeness (QED) is 0.714. The Bertz CT molecular complexity index is 977. The molecule has 0 saturated heterocycles. The van der Waals surface area contributed by atoms with Crippen LogP contribution in [0.2, 0.25) is 0 Å². The molecule has 1 amide bonds. The topological polar surface area (TPSA) is 68.3 Å². The van der Waals surface area contributed by atoms with Crippen LogP contribution in [-0.4, -0.2) is 26.4 Å². The van der Waals surface area contributed by atoms with Gasteiger partial charge in [0.15, 0.2) is 0 Å². The van der Waals surface area contributed by atoms with Crippen LogP contribution in [-0.2, 0) is 17.9 Å². The minimum absolute atomic E-state index is 0.129. The van der Waals surface area contributed by atoms with Gasteiger partial charge in [-0.15, -0.1) is 0 Å². The van der Waals surface area contributed by atoms with Gasteiger partial charge in [0.05, 0.1) is 30.0 Å². The smallest absolute Gasteiger partial charge is 0.261 e. The summed E-state index contributed by atoms with van der Waals surface area (Å²) in [6, 6.07) is 7.62. The van der Waals surface area contributed by atoms with E-state index in [2.05, 4.69) is 4.98 Å². The van der Waals surface area contributed by atoms with Crippen LogP contribution in [0.5, 0.6) is 0 Å². The number of rotatable bonds is 5. The number of nitrogens with zero attached hydrogens (tertiary/aromatic N) is 3. The van der Waals surface area contributed by atoms with E-state index in [1.807, 2.05) is 6.07 Å². The fourth-order valence-corrected chi connectivity index (χ4v) is 2.86. The van der Waals surface area contributed by atoms with E-state index < -0.39 is 11.4 Å². The van der Waals surface area contributed by atoms with E-state index in [0.717, 1.165) is 18.9 Å². The first-order chi connectivity index (χ1) is 12.1. The summed E-state index contributed by atoms with van der Waals surface area (Å²) in [4.78, 5) is 31.1. The molecule has 25 heavy (non-hydrogen) atoms. The summed E-state index contributed by atoms with van der Waals surface area (Å²) in [6.45, 7) is 0.246. The maximum Gasteiger partial charge on any atom is 0.261 e. The molecule has 1 aromatic carbocycles. The standard InChI is InChI=1S/C18H16FN3O3/c19-12-3-6-16-15(8-12)18(24)21(11-20-16)10-17(23)22(13-4-5-13)9-14-2-1-7-25-14/h1-3,6-8,11,13H,4-5,9-10H2. The summed E-state index contributed by atoms with van der Waals surface area (Å²) in [6.07, 6.45) is 4.79. The van der Waals surface area contributed by atoms with Crippen LogP contribution in [0.1, 0.15) is 18.6 Å². The minimum atomic E-state index is -0.507. The molecule has 1 aliphatic carbocycles. The highest BCUT2D eigenvalue weighted by Crippen LogP contribution is 2.28. The molecule has 1 aliphatic rings. The highest BCUT2D eigenvalue weighted by atomic mass is 19.1. The third-order valence-electron chi connectivity index (χ3n) is 4.31. The minimum Gasteiger partial charge on any atom is -0.467 e. The molecule has 3 aromatic rings. The Morgan fingerprint density at radius 2 is 2.20 bits per heavy atom. The van der Waals surface area contributed by atoms with Crippen LogP contribution in [0.3, 0.4) is 0 Å².